The minimum absolute atomic E-state index is 0.0490. The molecule has 1 rings (SSSR count). The van der Waals surface area contributed by atoms with Crippen LogP contribution in [0, 0.1) is 14.9 Å². The molecule has 0 atom stereocenters. The molecular formula is C9H6INO2. The van der Waals surface area contributed by atoms with Crippen LogP contribution in [0.3, 0.4) is 0 Å². The number of hydrogen-bond acceptors (Lipinski definition) is 3. The van der Waals surface area contributed by atoms with E-state index in [2.05, 4.69) is 0 Å². The fraction of sp³-hybridized carbons (Fsp3) is 0.111. The van der Waals surface area contributed by atoms with Gasteiger partial charge in [0.15, 0.2) is 5.78 Å². The molecule has 0 aliphatic rings. The molecular weight excluding hydrogens is 281 g/mol. The molecule has 0 bridgehead atoms. The summed E-state index contributed by atoms with van der Waals surface area (Å²) in [6.07, 6.45) is 0. The van der Waals surface area contributed by atoms with Crippen LogP contribution in [0.2, 0.25) is 0 Å². The number of nitrogens with zero attached hydrogens (tertiary/aromatic N) is 1. The molecule has 1 aromatic rings. The van der Waals surface area contributed by atoms with Crippen LogP contribution in [-0.2, 0) is 0 Å². The van der Waals surface area contributed by atoms with Crippen LogP contribution in [0.5, 0.6) is 5.75 Å². The average molecular weight is 287 g/mol. The first kappa shape index (κ1) is 9.99. The lowest BCUT2D eigenvalue weighted by atomic mass is 10.0. The van der Waals surface area contributed by atoms with Crippen molar-refractivity contribution in [3.8, 4) is 11.8 Å². The maximum atomic E-state index is 11.1. The van der Waals surface area contributed by atoms with Crippen molar-refractivity contribution in [1.29, 1.82) is 5.26 Å². The summed E-state index contributed by atoms with van der Waals surface area (Å²) in [6, 6.07) is 4.83. The third-order valence-corrected chi connectivity index (χ3v) is 2.20. The highest BCUT2D eigenvalue weighted by molar-refractivity contribution is 14.1. The third-order valence-electron chi connectivity index (χ3n) is 1.57. The van der Waals surface area contributed by atoms with Crippen molar-refractivity contribution in [2.45, 2.75) is 6.92 Å². The number of nitriles is 1. The second kappa shape index (κ2) is 3.75. The van der Waals surface area contributed by atoms with Gasteiger partial charge in [-0.25, -0.2) is 0 Å². The van der Waals surface area contributed by atoms with Gasteiger partial charge in [-0.1, -0.05) is 0 Å². The van der Waals surface area contributed by atoms with E-state index in [9.17, 15) is 9.90 Å². The standard InChI is InChI=1S/C9H6INO2/c1-5(12)7-2-6(10)3-9(13)8(7)4-11/h2-3,13H,1H3. The fourth-order valence-electron chi connectivity index (χ4n) is 0.988. The van der Waals surface area contributed by atoms with Crippen LogP contribution in [0.4, 0.5) is 0 Å². The van der Waals surface area contributed by atoms with Gasteiger partial charge in [0.05, 0.1) is 0 Å². The molecule has 0 saturated carbocycles. The molecule has 0 fully saturated rings. The number of phenols is 1. The smallest absolute Gasteiger partial charge is 0.161 e. The Balaban J connectivity index is 3.50. The van der Waals surface area contributed by atoms with E-state index in [1.54, 1.807) is 12.1 Å². The van der Waals surface area contributed by atoms with Gasteiger partial charge < -0.3 is 5.11 Å². The predicted octanol–water partition coefficient (Wildman–Crippen LogP) is 2.07. The van der Waals surface area contributed by atoms with E-state index in [0.29, 0.717) is 0 Å². The van der Waals surface area contributed by atoms with Crippen molar-refractivity contribution in [1.82, 2.24) is 0 Å². The lowest BCUT2D eigenvalue weighted by Crippen LogP contribution is -1.97. The summed E-state index contributed by atoms with van der Waals surface area (Å²) in [5.74, 6) is -0.357. The van der Waals surface area contributed by atoms with Gasteiger partial charge in [-0.15, -0.1) is 0 Å². The number of phenolic OH excluding ortho intramolecular Hbond substituents is 1. The summed E-state index contributed by atoms with van der Waals surface area (Å²) in [7, 11) is 0. The molecule has 3 nitrogen and oxygen atoms in total. The average Bonchev–Trinajstić information content (AvgIpc) is 2.02. The summed E-state index contributed by atoms with van der Waals surface area (Å²) in [5, 5.41) is 18.0. The normalized spacial score (nSPS) is 9.31. The molecule has 0 aliphatic carbocycles. The van der Waals surface area contributed by atoms with Crippen molar-refractivity contribution in [3.05, 3.63) is 26.8 Å². The SMILES string of the molecule is CC(=O)c1cc(I)cc(O)c1C#N. The summed E-state index contributed by atoms with van der Waals surface area (Å²) in [4.78, 5) is 11.1. The topological polar surface area (TPSA) is 61.1 Å². The van der Waals surface area contributed by atoms with Gasteiger partial charge in [0, 0.05) is 9.13 Å². The fourth-order valence-corrected chi connectivity index (χ4v) is 1.59. The van der Waals surface area contributed by atoms with Gasteiger partial charge in [-0.3, -0.25) is 4.79 Å². The minimum atomic E-state index is -0.217. The Morgan fingerprint density at radius 2 is 2.23 bits per heavy atom. The van der Waals surface area contributed by atoms with E-state index in [0.717, 1.165) is 3.57 Å². The molecule has 0 amide bonds. The van der Waals surface area contributed by atoms with E-state index in [4.69, 9.17) is 5.26 Å². The molecule has 0 radical (unpaired) electrons. The number of carbonyl (C=O) groups excluding carboxylic acids is 1. The maximum Gasteiger partial charge on any atom is 0.161 e. The Morgan fingerprint density at radius 3 is 2.69 bits per heavy atom. The van der Waals surface area contributed by atoms with E-state index in [-0.39, 0.29) is 22.7 Å². The minimum Gasteiger partial charge on any atom is -0.507 e. The predicted molar refractivity (Wildman–Crippen MR) is 55.5 cm³/mol. The zero-order valence-corrected chi connectivity index (χ0v) is 8.99. The third kappa shape index (κ3) is 1.98. The van der Waals surface area contributed by atoms with Gasteiger partial charge in [-0.05, 0) is 41.6 Å². The van der Waals surface area contributed by atoms with Gasteiger partial charge in [0.1, 0.15) is 17.4 Å². The summed E-state index contributed by atoms with van der Waals surface area (Å²) >= 11 is 1.98. The number of carbonyl (C=O) groups is 1. The quantitative estimate of drug-likeness (QED) is 0.635. The lowest BCUT2D eigenvalue weighted by molar-refractivity contribution is 0.101. The highest BCUT2D eigenvalue weighted by Crippen LogP contribution is 2.24. The van der Waals surface area contributed by atoms with E-state index in [1.165, 1.54) is 13.0 Å². The summed E-state index contributed by atoms with van der Waals surface area (Å²) < 4.78 is 0.735. The number of Topliss-reactive ketones (excluding diaryl/α,β-unsaturated/α-hetero) is 1. The molecule has 1 aromatic carbocycles. The molecule has 66 valence electrons. The van der Waals surface area contributed by atoms with Gasteiger partial charge in [0.2, 0.25) is 0 Å². The monoisotopic (exact) mass is 287 g/mol. The van der Waals surface area contributed by atoms with E-state index < -0.39 is 0 Å². The zero-order chi connectivity index (χ0) is 10.0. The molecule has 1 N–H and O–H groups in total. The van der Waals surface area contributed by atoms with Crippen LogP contribution in [0.1, 0.15) is 22.8 Å². The first-order valence-corrected chi connectivity index (χ1v) is 4.57. The first-order chi connectivity index (χ1) is 6.06. The summed E-state index contributed by atoms with van der Waals surface area (Å²) in [5.41, 5.74) is 0.319. The Labute approximate surface area is 89.1 Å². The molecule has 0 saturated heterocycles. The van der Waals surface area contributed by atoms with Crippen LogP contribution in [-0.4, -0.2) is 10.9 Å². The highest BCUT2D eigenvalue weighted by Gasteiger charge is 2.12. The van der Waals surface area contributed by atoms with Gasteiger partial charge in [-0.2, -0.15) is 5.26 Å². The Hall–Kier alpha value is -1.09. The number of aromatic hydroxyl groups is 1. The largest absolute Gasteiger partial charge is 0.507 e. The molecule has 0 unspecified atom stereocenters. The molecule has 0 heterocycles. The van der Waals surface area contributed by atoms with Crippen molar-refractivity contribution >= 4 is 28.4 Å². The number of halogens is 1. The second-order valence-corrected chi connectivity index (χ2v) is 3.76. The zero-order valence-electron chi connectivity index (χ0n) is 6.84. The second-order valence-electron chi connectivity index (χ2n) is 2.52. The van der Waals surface area contributed by atoms with Crippen LogP contribution in [0.15, 0.2) is 12.1 Å². The van der Waals surface area contributed by atoms with Crippen molar-refractivity contribution in [3.63, 3.8) is 0 Å². The van der Waals surface area contributed by atoms with Gasteiger partial charge in [0.25, 0.3) is 0 Å². The van der Waals surface area contributed by atoms with Gasteiger partial charge >= 0.3 is 0 Å². The molecule has 0 spiro atoms. The Bertz CT molecular complexity index is 407. The first-order valence-electron chi connectivity index (χ1n) is 3.50. The molecule has 4 heteroatoms. The highest BCUT2D eigenvalue weighted by atomic mass is 127. The van der Waals surface area contributed by atoms with Crippen LogP contribution < -0.4 is 0 Å². The number of hydrogen-bond donors (Lipinski definition) is 1. The Kier molecular flexibility index (Phi) is 2.88. The van der Waals surface area contributed by atoms with Crippen LogP contribution >= 0.6 is 22.6 Å². The number of ketones is 1. The van der Waals surface area contributed by atoms with Crippen molar-refractivity contribution in [2.24, 2.45) is 0 Å². The summed E-state index contributed by atoms with van der Waals surface area (Å²) in [6.45, 7) is 1.37. The van der Waals surface area contributed by atoms with Crippen molar-refractivity contribution < 1.29 is 9.90 Å². The lowest BCUT2D eigenvalue weighted by Gasteiger charge is -2.02. The number of benzene rings is 1. The van der Waals surface area contributed by atoms with E-state index in [1.807, 2.05) is 22.6 Å². The molecule has 0 aromatic heterocycles. The van der Waals surface area contributed by atoms with Crippen LogP contribution in [0.25, 0.3) is 0 Å². The van der Waals surface area contributed by atoms with E-state index >= 15 is 0 Å². The molecule has 13 heavy (non-hydrogen) atoms. The number of rotatable bonds is 1. The molecule has 0 aliphatic heterocycles. The Morgan fingerprint density at radius 1 is 1.62 bits per heavy atom. The van der Waals surface area contributed by atoms with Crippen molar-refractivity contribution in [2.75, 3.05) is 0 Å². The maximum absolute atomic E-state index is 11.1.